The molecule has 1 aliphatic rings. The molecule has 0 bridgehead atoms. The Balaban J connectivity index is 2.66. The normalized spacial score (nSPS) is 18.7. The van der Waals surface area contributed by atoms with Gasteiger partial charge in [-0.2, -0.15) is 0 Å². The van der Waals surface area contributed by atoms with E-state index in [1.807, 2.05) is 0 Å². The highest BCUT2D eigenvalue weighted by Gasteiger charge is 2.50. The molecule has 1 fully saturated rings. The SMILES string of the molecule is CCC/C=C\C/C=C\CCCCCCCC(=O)OCC(COC1OC(C(=O)O)C(O)C(O)C1OC(=O)CCCCCCCCCCC/C=C\C/C=C\CCCCC)OC(=O)CCCCCCC/C=C\CCCC. The van der Waals surface area contributed by atoms with Gasteiger partial charge in [-0.1, -0.05) is 197 Å². The van der Waals surface area contributed by atoms with Gasteiger partial charge in [0.25, 0.3) is 0 Å². The zero-order valence-corrected chi connectivity index (χ0v) is 46.1. The number of carboxylic acids is 1. The number of hydrogen-bond acceptors (Lipinski definition) is 11. The minimum atomic E-state index is -1.91. The summed E-state index contributed by atoms with van der Waals surface area (Å²) in [6.45, 7) is 5.84. The number of carbonyl (C=O) groups excluding carboxylic acids is 3. The van der Waals surface area contributed by atoms with Gasteiger partial charge in [0.15, 0.2) is 24.6 Å². The van der Waals surface area contributed by atoms with Gasteiger partial charge in [-0.05, 0) is 96.3 Å². The van der Waals surface area contributed by atoms with E-state index in [9.17, 15) is 34.5 Å². The van der Waals surface area contributed by atoms with Gasteiger partial charge in [-0.15, -0.1) is 0 Å². The van der Waals surface area contributed by atoms with Gasteiger partial charge in [-0.3, -0.25) is 14.4 Å². The Morgan fingerprint density at radius 2 is 0.863 bits per heavy atom. The zero-order chi connectivity index (χ0) is 53.3. The highest BCUT2D eigenvalue weighted by atomic mass is 16.7. The first-order chi connectivity index (χ1) is 35.6. The summed E-state index contributed by atoms with van der Waals surface area (Å²) in [5.74, 6) is -3.15. The largest absolute Gasteiger partial charge is 0.479 e. The predicted octanol–water partition coefficient (Wildman–Crippen LogP) is 14.8. The van der Waals surface area contributed by atoms with Crippen molar-refractivity contribution in [1.82, 2.24) is 0 Å². The van der Waals surface area contributed by atoms with E-state index >= 15 is 0 Å². The Hall–Kier alpha value is -3.58. The Morgan fingerprint density at radius 3 is 1.34 bits per heavy atom. The molecule has 6 unspecified atom stereocenters. The van der Waals surface area contributed by atoms with Crippen molar-refractivity contribution in [3.63, 3.8) is 0 Å². The molecule has 12 heteroatoms. The lowest BCUT2D eigenvalue weighted by Crippen LogP contribution is -2.61. The van der Waals surface area contributed by atoms with Gasteiger partial charge < -0.3 is 39.0 Å². The van der Waals surface area contributed by atoms with E-state index < -0.39 is 67.3 Å². The molecule has 0 aromatic heterocycles. The van der Waals surface area contributed by atoms with Crippen molar-refractivity contribution in [2.24, 2.45) is 0 Å². The molecule has 1 rings (SSSR count). The third kappa shape index (κ3) is 39.5. The molecule has 12 nitrogen and oxygen atoms in total. The molecule has 0 amide bonds. The molecule has 0 spiro atoms. The summed E-state index contributed by atoms with van der Waals surface area (Å²) in [6, 6.07) is 0. The second kappa shape index (κ2) is 49.3. The Bertz CT molecular complexity index is 1500. The fourth-order valence-corrected chi connectivity index (χ4v) is 8.48. The molecule has 6 atom stereocenters. The van der Waals surface area contributed by atoms with Gasteiger partial charge in [0.05, 0.1) is 6.61 Å². The summed E-state index contributed by atoms with van der Waals surface area (Å²) in [7, 11) is 0. The average molecular weight is 1030 g/mol. The van der Waals surface area contributed by atoms with Crippen LogP contribution in [-0.2, 0) is 42.9 Å². The molecule has 1 heterocycles. The van der Waals surface area contributed by atoms with Crippen LogP contribution in [0.3, 0.4) is 0 Å². The summed E-state index contributed by atoms with van der Waals surface area (Å²) < 4.78 is 28.4. The van der Waals surface area contributed by atoms with E-state index in [1.54, 1.807) is 0 Å². The molecule has 1 saturated heterocycles. The minimum absolute atomic E-state index is 0.0530. The maximum Gasteiger partial charge on any atom is 0.335 e. The number of aliphatic hydroxyl groups is 2. The average Bonchev–Trinajstić information content (AvgIpc) is 3.37. The van der Waals surface area contributed by atoms with E-state index in [0.717, 1.165) is 128 Å². The topological polar surface area (TPSA) is 175 Å². The second-order valence-corrected chi connectivity index (χ2v) is 19.9. The van der Waals surface area contributed by atoms with E-state index in [1.165, 1.54) is 64.2 Å². The standard InChI is InChI=1S/C61H104O12/c1-4-7-10-13-16-19-22-24-25-26-27-28-29-31-34-37-40-43-46-49-55(64)72-59-57(66)56(65)58(60(67)68)73-61(59)70-51-52(71-54(63)48-45-42-39-36-32-21-18-15-12-9-6-3)50-69-53(62)47-44-41-38-35-33-30-23-20-17-14-11-8-5-2/h11,14-16,18-20,23-25,52,56-59,61,65-66H,4-10,12-13,17,21-22,26-51H2,1-3H3,(H,67,68)/b14-11-,18-15-,19-16-,23-20-,25-24-. The van der Waals surface area contributed by atoms with Crippen LogP contribution in [0.5, 0.6) is 0 Å². The number of esters is 3. The van der Waals surface area contributed by atoms with Crippen molar-refractivity contribution in [1.29, 1.82) is 0 Å². The highest BCUT2D eigenvalue weighted by Crippen LogP contribution is 2.26. The quantitative estimate of drug-likeness (QED) is 0.0228. The fourth-order valence-electron chi connectivity index (χ4n) is 8.48. The monoisotopic (exact) mass is 1030 g/mol. The Kier molecular flexibility index (Phi) is 45.5. The number of rotatable bonds is 49. The molecule has 0 aromatic rings. The van der Waals surface area contributed by atoms with Gasteiger partial charge in [0.2, 0.25) is 0 Å². The molecule has 0 aliphatic carbocycles. The van der Waals surface area contributed by atoms with Crippen LogP contribution in [0.15, 0.2) is 60.8 Å². The van der Waals surface area contributed by atoms with Crippen molar-refractivity contribution in [3.8, 4) is 0 Å². The molecular weight excluding hydrogens is 925 g/mol. The minimum Gasteiger partial charge on any atom is -0.479 e. The number of hydrogen-bond donors (Lipinski definition) is 3. The number of allylic oxidation sites excluding steroid dienone is 10. The van der Waals surface area contributed by atoms with Gasteiger partial charge in [0, 0.05) is 19.3 Å². The summed E-state index contributed by atoms with van der Waals surface area (Å²) in [5.41, 5.74) is 0. The number of aliphatic hydroxyl groups excluding tert-OH is 2. The first kappa shape index (κ1) is 67.4. The van der Waals surface area contributed by atoms with Crippen molar-refractivity contribution in [2.75, 3.05) is 13.2 Å². The van der Waals surface area contributed by atoms with Crippen LogP contribution in [0.4, 0.5) is 0 Å². The van der Waals surface area contributed by atoms with Crippen LogP contribution in [0.1, 0.15) is 252 Å². The second-order valence-electron chi connectivity index (χ2n) is 19.9. The van der Waals surface area contributed by atoms with Crippen LogP contribution in [0.25, 0.3) is 0 Å². The van der Waals surface area contributed by atoms with E-state index in [2.05, 4.69) is 81.5 Å². The van der Waals surface area contributed by atoms with Crippen LogP contribution in [0, 0.1) is 0 Å². The van der Waals surface area contributed by atoms with Crippen LogP contribution >= 0.6 is 0 Å². The molecular formula is C61H104O12. The van der Waals surface area contributed by atoms with Crippen molar-refractivity contribution >= 4 is 23.9 Å². The lowest BCUT2D eigenvalue weighted by molar-refractivity contribution is -0.301. The lowest BCUT2D eigenvalue weighted by atomic mass is 9.98. The first-order valence-electron chi connectivity index (χ1n) is 29.3. The van der Waals surface area contributed by atoms with E-state index in [0.29, 0.717) is 19.3 Å². The third-order valence-corrected chi connectivity index (χ3v) is 13.0. The van der Waals surface area contributed by atoms with E-state index in [4.69, 9.17) is 23.7 Å². The molecule has 420 valence electrons. The van der Waals surface area contributed by atoms with Gasteiger partial charge in [-0.25, -0.2) is 4.79 Å². The van der Waals surface area contributed by atoms with Gasteiger partial charge in [0.1, 0.15) is 18.8 Å². The number of aliphatic carboxylic acids is 1. The van der Waals surface area contributed by atoms with Crippen LogP contribution in [0.2, 0.25) is 0 Å². The number of ether oxygens (including phenoxy) is 5. The fraction of sp³-hybridized carbons (Fsp3) is 0.770. The first-order valence-corrected chi connectivity index (χ1v) is 29.3. The number of unbranched alkanes of at least 4 members (excludes halogenated alkanes) is 25. The Morgan fingerprint density at radius 1 is 0.452 bits per heavy atom. The highest BCUT2D eigenvalue weighted by molar-refractivity contribution is 5.74. The number of carboxylic acid groups (broad SMARTS) is 1. The molecule has 0 radical (unpaired) electrons. The summed E-state index contributed by atoms with van der Waals surface area (Å²) >= 11 is 0. The maximum atomic E-state index is 13.1. The van der Waals surface area contributed by atoms with Crippen molar-refractivity contribution in [2.45, 2.75) is 289 Å². The predicted molar refractivity (Wildman–Crippen MR) is 294 cm³/mol. The van der Waals surface area contributed by atoms with Crippen LogP contribution < -0.4 is 0 Å². The van der Waals surface area contributed by atoms with Crippen LogP contribution in [-0.4, -0.2) is 89.2 Å². The smallest absolute Gasteiger partial charge is 0.335 e. The lowest BCUT2D eigenvalue weighted by Gasteiger charge is -2.40. The van der Waals surface area contributed by atoms with E-state index in [-0.39, 0.29) is 25.9 Å². The van der Waals surface area contributed by atoms with Crippen molar-refractivity contribution < 1.29 is 58.2 Å². The summed E-state index contributed by atoms with van der Waals surface area (Å²) in [4.78, 5) is 51.0. The third-order valence-electron chi connectivity index (χ3n) is 13.0. The van der Waals surface area contributed by atoms with Gasteiger partial charge >= 0.3 is 23.9 Å². The zero-order valence-electron chi connectivity index (χ0n) is 46.1. The summed E-state index contributed by atoms with van der Waals surface area (Å²) in [5, 5.41) is 31.5. The Labute approximate surface area is 443 Å². The summed E-state index contributed by atoms with van der Waals surface area (Å²) in [6.07, 6.45) is 47.6. The number of carbonyl (C=O) groups is 4. The molecule has 73 heavy (non-hydrogen) atoms. The van der Waals surface area contributed by atoms with Crippen molar-refractivity contribution in [3.05, 3.63) is 60.8 Å². The molecule has 1 aliphatic heterocycles. The maximum absolute atomic E-state index is 13.1. The molecule has 0 aromatic carbocycles. The molecule has 0 saturated carbocycles. The molecule has 3 N–H and O–H groups in total.